The molecule has 1 amide bonds. The minimum absolute atomic E-state index is 0.0752. The Balaban J connectivity index is 1.35. The van der Waals surface area contributed by atoms with Crippen LogP contribution in [0.3, 0.4) is 0 Å². The number of aromatic nitrogens is 3. The Morgan fingerprint density at radius 3 is 2.45 bits per heavy atom. The second kappa shape index (κ2) is 11.3. The maximum absolute atomic E-state index is 13.2. The second-order valence-corrected chi connectivity index (χ2v) is 8.92. The molecule has 2 N–H and O–H groups in total. The van der Waals surface area contributed by atoms with E-state index in [1.165, 1.54) is 11.8 Å². The van der Waals surface area contributed by atoms with Crippen LogP contribution in [0.1, 0.15) is 16.1 Å². The number of carbonyl (C=O) groups is 1. The van der Waals surface area contributed by atoms with Gasteiger partial charge in [0, 0.05) is 30.4 Å². The van der Waals surface area contributed by atoms with E-state index in [0.29, 0.717) is 51.0 Å². The molecule has 5 aromatic rings. The third kappa shape index (κ3) is 5.12. The molecule has 0 unspecified atom stereocenters. The number of benzene rings is 3. The molecule has 0 radical (unpaired) electrons. The van der Waals surface area contributed by atoms with E-state index in [1.807, 2.05) is 30.3 Å². The molecule has 204 valence electrons. The maximum Gasteiger partial charge on any atom is 0.284 e. The Hall–Kier alpha value is -5.09. The summed E-state index contributed by atoms with van der Waals surface area (Å²) in [7, 11) is 3.28. The first-order chi connectivity index (χ1) is 19.4. The quantitative estimate of drug-likeness (QED) is 0.284. The fourth-order valence-corrected chi connectivity index (χ4v) is 4.40. The predicted molar refractivity (Wildman–Crippen MR) is 151 cm³/mol. The van der Waals surface area contributed by atoms with Gasteiger partial charge in [-0.2, -0.15) is 0 Å². The number of nitrogens with one attached hydrogen (secondary N) is 1. The van der Waals surface area contributed by atoms with Gasteiger partial charge in [-0.3, -0.25) is 19.3 Å². The topological polar surface area (TPSA) is 117 Å². The molecule has 0 aliphatic heterocycles. The minimum Gasteiger partial charge on any atom is -0.493 e. The van der Waals surface area contributed by atoms with E-state index in [4.69, 9.17) is 19.3 Å². The summed E-state index contributed by atoms with van der Waals surface area (Å²) in [5.74, 6) is 1.55. The molecule has 0 saturated heterocycles. The van der Waals surface area contributed by atoms with Crippen LogP contribution < -0.4 is 25.1 Å². The van der Waals surface area contributed by atoms with Crippen LogP contribution in [0.2, 0.25) is 0 Å². The van der Waals surface area contributed by atoms with Gasteiger partial charge in [0.25, 0.3) is 11.5 Å². The summed E-state index contributed by atoms with van der Waals surface area (Å²) in [5.41, 5.74) is 2.05. The number of hydrogen-bond acceptors (Lipinski definition) is 7. The lowest BCUT2D eigenvalue weighted by Crippen LogP contribution is -2.25. The molecule has 5 rings (SSSR count). The lowest BCUT2D eigenvalue weighted by Gasteiger charge is -2.13. The third-order valence-electron chi connectivity index (χ3n) is 6.46. The van der Waals surface area contributed by atoms with Gasteiger partial charge in [-0.25, -0.2) is 4.68 Å². The van der Waals surface area contributed by atoms with Crippen LogP contribution in [0.4, 0.5) is 5.69 Å². The van der Waals surface area contributed by atoms with Crippen molar-refractivity contribution in [2.45, 2.75) is 6.92 Å². The van der Waals surface area contributed by atoms with Crippen LogP contribution in [0.25, 0.3) is 16.6 Å². The van der Waals surface area contributed by atoms with E-state index in [1.54, 1.807) is 67.3 Å². The standard InChI is InChI=1S/C30H28N4O6/c1-19-28(30(37)34(33(19)2)21-7-5-4-6-8-21)29(36)32-20-9-11-22(12-10-20)40-25-13-14-31-24-18-27(39-16-15-35)26(38-3)17-23(24)25/h4-14,17-18,35H,15-16H2,1-3H3,(H,32,36). The summed E-state index contributed by atoms with van der Waals surface area (Å²) in [4.78, 5) is 30.7. The maximum atomic E-state index is 13.2. The summed E-state index contributed by atoms with van der Waals surface area (Å²) in [5, 5.41) is 12.6. The summed E-state index contributed by atoms with van der Waals surface area (Å²) >= 11 is 0. The Morgan fingerprint density at radius 2 is 1.75 bits per heavy atom. The van der Waals surface area contributed by atoms with Crippen LogP contribution in [0, 0.1) is 6.92 Å². The SMILES string of the molecule is COc1cc2c(Oc3ccc(NC(=O)c4c(C)n(C)n(-c5ccccc5)c4=O)cc3)ccnc2cc1OCCO. The smallest absolute Gasteiger partial charge is 0.284 e. The number of ether oxygens (including phenoxy) is 3. The van der Waals surface area contributed by atoms with E-state index in [-0.39, 0.29) is 18.8 Å². The zero-order chi connectivity index (χ0) is 28.2. The molecule has 0 fully saturated rings. The van der Waals surface area contributed by atoms with E-state index in [0.717, 1.165) is 0 Å². The number of para-hydroxylation sites is 1. The Labute approximate surface area is 230 Å². The number of aliphatic hydroxyl groups excluding tert-OH is 1. The molecule has 0 aliphatic rings. The fourth-order valence-electron chi connectivity index (χ4n) is 4.40. The second-order valence-electron chi connectivity index (χ2n) is 8.92. The zero-order valence-electron chi connectivity index (χ0n) is 22.2. The van der Waals surface area contributed by atoms with Gasteiger partial charge in [-0.1, -0.05) is 18.2 Å². The van der Waals surface area contributed by atoms with Crippen LogP contribution in [0.15, 0.2) is 83.8 Å². The van der Waals surface area contributed by atoms with Crippen molar-refractivity contribution in [2.75, 3.05) is 25.6 Å². The van der Waals surface area contributed by atoms with Gasteiger partial charge in [0.05, 0.1) is 30.6 Å². The number of aliphatic hydroxyl groups is 1. The zero-order valence-corrected chi connectivity index (χ0v) is 22.2. The van der Waals surface area contributed by atoms with Crippen molar-refractivity contribution >= 4 is 22.5 Å². The molecular formula is C30H28N4O6. The summed E-state index contributed by atoms with van der Waals surface area (Å²) in [6.07, 6.45) is 1.62. The van der Waals surface area contributed by atoms with Crippen LogP contribution in [-0.4, -0.2) is 45.7 Å². The molecule has 0 atom stereocenters. The monoisotopic (exact) mass is 540 g/mol. The summed E-state index contributed by atoms with van der Waals surface area (Å²) < 4.78 is 20.2. The van der Waals surface area contributed by atoms with Crippen molar-refractivity contribution in [2.24, 2.45) is 7.05 Å². The van der Waals surface area contributed by atoms with Gasteiger partial charge < -0.3 is 24.6 Å². The van der Waals surface area contributed by atoms with Crippen LogP contribution in [-0.2, 0) is 7.05 Å². The molecule has 2 aromatic heterocycles. The highest BCUT2D eigenvalue weighted by molar-refractivity contribution is 6.05. The number of hydrogen-bond donors (Lipinski definition) is 2. The van der Waals surface area contributed by atoms with Crippen LogP contribution >= 0.6 is 0 Å². The van der Waals surface area contributed by atoms with Crippen LogP contribution in [0.5, 0.6) is 23.0 Å². The lowest BCUT2D eigenvalue weighted by molar-refractivity contribution is 0.102. The number of anilines is 1. The number of pyridine rings is 1. The van der Waals surface area contributed by atoms with E-state index in [2.05, 4.69) is 10.3 Å². The molecule has 10 nitrogen and oxygen atoms in total. The molecule has 40 heavy (non-hydrogen) atoms. The van der Waals surface area contributed by atoms with Crippen molar-refractivity contribution < 1.29 is 24.1 Å². The van der Waals surface area contributed by atoms with Crippen molar-refractivity contribution in [3.05, 3.63) is 101 Å². The third-order valence-corrected chi connectivity index (χ3v) is 6.46. The number of fused-ring (bicyclic) bond motifs is 1. The largest absolute Gasteiger partial charge is 0.493 e. The fraction of sp³-hybridized carbons (Fsp3) is 0.167. The Kier molecular flexibility index (Phi) is 7.52. The van der Waals surface area contributed by atoms with Crippen molar-refractivity contribution in [3.8, 4) is 28.7 Å². The normalized spacial score (nSPS) is 10.9. The molecule has 3 aromatic carbocycles. The predicted octanol–water partition coefficient (Wildman–Crippen LogP) is 4.46. The molecule has 0 bridgehead atoms. The van der Waals surface area contributed by atoms with Gasteiger partial charge >= 0.3 is 0 Å². The van der Waals surface area contributed by atoms with E-state index >= 15 is 0 Å². The molecule has 0 saturated carbocycles. The van der Waals surface area contributed by atoms with Gasteiger partial charge in [0.1, 0.15) is 23.7 Å². The van der Waals surface area contributed by atoms with Crippen molar-refractivity contribution in [1.29, 1.82) is 0 Å². The molecular weight excluding hydrogens is 512 g/mol. The van der Waals surface area contributed by atoms with Gasteiger partial charge in [-0.15, -0.1) is 0 Å². The number of methoxy groups -OCH3 is 1. The van der Waals surface area contributed by atoms with Crippen molar-refractivity contribution in [3.63, 3.8) is 0 Å². The average Bonchev–Trinajstić information content (AvgIpc) is 3.20. The highest BCUT2D eigenvalue weighted by Gasteiger charge is 2.22. The molecule has 0 spiro atoms. The molecule has 2 heterocycles. The Morgan fingerprint density at radius 1 is 1.00 bits per heavy atom. The number of rotatable bonds is 9. The minimum atomic E-state index is -0.493. The summed E-state index contributed by atoms with van der Waals surface area (Å²) in [6, 6.07) is 21.2. The first kappa shape index (κ1) is 26.5. The van der Waals surface area contributed by atoms with E-state index < -0.39 is 11.5 Å². The summed E-state index contributed by atoms with van der Waals surface area (Å²) in [6.45, 7) is 1.75. The number of nitrogens with zero attached hydrogens (tertiary/aromatic N) is 3. The average molecular weight is 541 g/mol. The lowest BCUT2D eigenvalue weighted by atomic mass is 10.1. The van der Waals surface area contributed by atoms with E-state index in [9.17, 15) is 9.59 Å². The highest BCUT2D eigenvalue weighted by Crippen LogP contribution is 2.37. The Bertz CT molecular complexity index is 1730. The molecule has 10 heteroatoms. The first-order valence-corrected chi connectivity index (χ1v) is 12.5. The highest BCUT2D eigenvalue weighted by atomic mass is 16.5. The first-order valence-electron chi connectivity index (χ1n) is 12.5. The van der Waals surface area contributed by atoms with Gasteiger partial charge in [0.15, 0.2) is 11.5 Å². The number of amides is 1. The van der Waals surface area contributed by atoms with Gasteiger partial charge in [-0.05, 0) is 55.5 Å². The van der Waals surface area contributed by atoms with Gasteiger partial charge in [0.2, 0.25) is 0 Å². The van der Waals surface area contributed by atoms with Crippen molar-refractivity contribution in [1.82, 2.24) is 14.3 Å². The number of carbonyl (C=O) groups excluding carboxylic acids is 1. The molecule has 0 aliphatic carbocycles.